The van der Waals surface area contributed by atoms with E-state index in [1.807, 2.05) is 6.07 Å². The van der Waals surface area contributed by atoms with Crippen molar-refractivity contribution < 1.29 is 9.84 Å². The van der Waals surface area contributed by atoms with Gasteiger partial charge in [-0.2, -0.15) is 5.26 Å². The Labute approximate surface area is 183 Å². The van der Waals surface area contributed by atoms with E-state index in [0.717, 1.165) is 6.42 Å². The van der Waals surface area contributed by atoms with Crippen molar-refractivity contribution in [3.8, 4) is 11.8 Å². The third-order valence-electron chi connectivity index (χ3n) is 5.28. The number of fused-ring (bicyclic) bond motifs is 1. The van der Waals surface area contributed by atoms with Crippen LogP contribution in [0.15, 0.2) is 54.6 Å². The van der Waals surface area contributed by atoms with E-state index >= 15 is 0 Å². The minimum Gasteiger partial charge on any atom is -0.489 e. The molecule has 30 heavy (non-hydrogen) atoms. The van der Waals surface area contributed by atoms with Gasteiger partial charge in [0, 0.05) is 12.1 Å². The Bertz CT molecular complexity index is 1070. The number of hydrogen-bond donors (Lipinski definition) is 2. The lowest BCUT2D eigenvalue weighted by Crippen LogP contribution is -2.46. The smallest absolute Gasteiger partial charge is 0.138 e. The van der Waals surface area contributed by atoms with Gasteiger partial charge in [-0.1, -0.05) is 54.1 Å². The molecule has 0 bridgehead atoms. The van der Waals surface area contributed by atoms with Gasteiger partial charge in [0.15, 0.2) is 0 Å². The zero-order valence-corrected chi connectivity index (χ0v) is 18.3. The number of nitrogens with one attached hydrogen (secondary N) is 1. The molecule has 0 saturated carbocycles. The number of benzene rings is 3. The maximum atomic E-state index is 10.4. The van der Waals surface area contributed by atoms with Crippen molar-refractivity contribution in [1.82, 2.24) is 5.32 Å². The first-order chi connectivity index (χ1) is 14.3. The third kappa shape index (κ3) is 5.31. The lowest BCUT2D eigenvalue weighted by atomic mass is 9.90. The molecule has 4 nitrogen and oxygen atoms in total. The quantitative estimate of drug-likeness (QED) is 0.534. The third-order valence-corrected chi connectivity index (χ3v) is 5.59. The number of rotatable bonds is 8. The molecule has 0 amide bonds. The monoisotopic (exact) mass is 422 g/mol. The van der Waals surface area contributed by atoms with E-state index in [0.29, 0.717) is 17.3 Å². The van der Waals surface area contributed by atoms with E-state index in [4.69, 9.17) is 16.3 Å². The maximum Gasteiger partial charge on any atom is 0.138 e. The molecule has 1 unspecified atom stereocenters. The average Bonchev–Trinajstić information content (AvgIpc) is 2.73. The molecule has 0 saturated heterocycles. The van der Waals surface area contributed by atoms with Crippen LogP contribution in [0.25, 0.3) is 10.8 Å². The Balaban J connectivity index is 1.58. The normalized spacial score (nSPS) is 12.5. The highest BCUT2D eigenvalue weighted by Crippen LogP contribution is 2.26. The Hall–Kier alpha value is -2.58. The predicted molar refractivity (Wildman–Crippen MR) is 122 cm³/mol. The molecule has 156 valence electrons. The van der Waals surface area contributed by atoms with Crippen LogP contribution in [0.4, 0.5) is 0 Å². The summed E-state index contributed by atoms with van der Waals surface area (Å²) < 4.78 is 5.62. The fourth-order valence-electron chi connectivity index (χ4n) is 3.57. The van der Waals surface area contributed by atoms with Gasteiger partial charge in [0.1, 0.15) is 30.1 Å². The standard InChI is InChI=1S/C25H27ClN2O2/c1-17-19(12-11-18-7-4-5-8-21(17)18)13-25(2,3)28-15-20(29)16-30-24-10-6-9-23(26)22(24)14-27/h4-12,20,28-29H,13,15-16H2,1-3H3. The molecular formula is C25H27ClN2O2. The molecule has 0 spiro atoms. The zero-order chi connectivity index (χ0) is 21.7. The lowest BCUT2D eigenvalue weighted by Gasteiger charge is -2.29. The van der Waals surface area contributed by atoms with Gasteiger partial charge < -0.3 is 15.2 Å². The van der Waals surface area contributed by atoms with Crippen molar-refractivity contribution in [1.29, 1.82) is 5.26 Å². The van der Waals surface area contributed by atoms with Gasteiger partial charge >= 0.3 is 0 Å². The molecule has 0 aliphatic heterocycles. The molecule has 3 aromatic carbocycles. The largest absolute Gasteiger partial charge is 0.489 e. The first-order valence-corrected chi connectivity index (χ1v) is 10.4. The second kappa shape index (κ2) is 9.49. The van der Waals surface area contributed by atoms with Crippen LogP contribution in [-0.2, 0) is 6.42 Å². The van der Waals surface area contributed by atoms with Crippen LogP contribution in [0, 0.1) is 18.3 Å². The molecule has 0 fully saturated rings. The molecule has 3 aromatic rings. The number of ether oxygens (including phenoxy) is 1. The molecule has 1 atom stereocenters. The molecule has 0 radical (unpaired) electrons. The number of β-amino-alcohol motifs (C(OH)–C–C–N with tert-alkyl or cyclic N) is 1. The van der Waals surface area contributed by atoms with Crippen molar-refractivity contribution in [2.24, 2.45) is 0 Å². The Morgan fingerprint density at radius 1 is 1.13 bits per heavy atom. The van der Waals surface area contributed by atoms with Crippen LogP contribution in [0.2, 0.25) is 5.02 Å². The van der Waals surface area contributed by atoms with Crippen molar-refractivity contribution in [2.45, 2.75) is 38.8 Å². The first-order valence-electron chi connectivity index (χ1n) is 10.0. The molecule has 5 heteroatoms. The fraction of sp³-hybridized carbons (Fsp3) is 0.320. The van der Waals surface area contributed by atoms with E-state index < -0.39 is 6.10 Å². The zero-order valence-electron chi connectivity index (χ0n) is 17.6. The average molecular weight is 423 g/mol. The number of nitrogens with zero attached hydrogens (tertiary/aromatic N) is 1. The van der Waals surface area contributed by atoms with Gasteiger partial charge in [-0.25, -0.2) is 0 Å². The van der Waals surface area contributed by atoms with Crippen LogP contribution in [0.1, 0.15) is 30.5 Å². The Kier molecular flexibility index (Phi) is 6.99. The number of aryl methyl sites for hydroxylation is 1. The highest BCUT2D eigenvalue weighted by Gasteiger charge is 2.21. The summed E-state index contributed by atoms with van der Waals surface area (Å²) in [7, 11) is 0. The second-order valence-electron chi connectivity index (χ2n) is 8.20. The van der Waals surface area contributed by atoms with Crippen molar-refractivity contribution in [3.63, 3.8) is 0 Å². The van der Waals surface area contributed by atoms with E-state index in [2.05, 4.69) is 62.5 Å². The maximum absolute atomic E-state index is 10.4. The molecule has 0 aromatic heterocycles. The van der Waals surface area contributed by atoms with Crippen LogP contribution in [-0.4, -0.2) is 29.9 Å². The SMILES string of the molecule is Cc1c(CC(C)(C)NCC(O)COc2cccc(Cl)c2C#N)ccc2ccccc12. The minimum absolute atomic E-state index is 0.0765. The predicted octanol–water partition coefficient (Wildman–Crippen LogP) is 5.02. The van der Waals surface area contributed by atoms with Crippen LogP contribution in [0.5, 0.6) is 5.75 Å². The number of aliphatic hydroxyl groups is 1. The number of halogens is 1. The molecule has 2 N–H and O–H groups in total. The van der Waals surface area contributed by atoms with E-state index in [-0.39, 0.29) is 17.7 Å². The van der Waals surface area contributed by atoms with Gasteiger partial charge in [-0.05, 0) is 61.2 Å². The topological polar surface area (TPSA) is 65.3 Å². The molecule has 0 aliphatic rings. The summed E-state index contributed by atoms with van der Waals surface area (Å²) in [6, 6.07) is 19.8. The van der Waals surface area contributed by atoms with Crippen LogP contribution >= 0.6 is 11.6 Å². The summed E-state index contributed by atoms with van der Waals surface area (Å²) in [5.41, 5.74) is 2.65. The number of aliphatic hydroxyl groups excluding tert-OH is 1. The van der Waals surface area contributed by atoms with Crippen molar-refractivity contribution in [2.75, 3.05) is 13.2 Å². The molecule has 0 heterocycles. The van der Waals surface area contributed by atoms with Crippen LogP contribution in [0.3, 0.4) is 0 Å². The second-order valence-corrected chi connectivity index (χ2v) is 8.61. The summed E-state index contributed by atoms with van der Waals surface area (Å²) in [6.45, 7) is 6.86. The highest BCUT2D eigenvalue weighted by atomic mass is 35.5. The first kappa shape index (κ1) is 22.1. The van der Waals surface area contributed by atoms with Gasteiger partial charge in [0.25, 0.3) is 0 Å². The molecule has 3 rings (SSSR count). The van der Waals surface area contributed by atoms with E-state index in [9.17, 15) is 10.4 Å². The summed E-state index contributed by atoms with van der Waals surface area (Å²) in [5, 5.41) is 25.9. The summed E-state index contributed by atoms with van der Waals surface area (Å²) in [4.78, 5) is 0. The summed E-state index contributed by atoms with van der Waals surface area (Å²) in [5.74, 6) is 0.384. The Morgan fingerprint density at radius 2 is 1.90 bits per heavy atom. The number of nitriles is 1. The molecule has 0 aliphatic carbocycles. The van der Waals surface area contributed by atoms with E-state index in [1.54, 1.807) is 18.2 Å². The van der Waals surface area contributed by atoms with Gasteiger partial charge in [0.05, 0.1) is 5.02 Å². The highest BCUT2D eigenvalue weighted by molar-refractivity contribution is 6.31. The molecular weight excluding hydrogens is 396 g/mol. The summed E-state index contributed by atoms with van der Waals surface area (Å²) in [6.07, 6.45) is 0.122. The van der Waals surface area contributed by atoms with Gasteiger partial charge in [0.2, 0.25) is 0 Å². The Morgan fingerprint density at radius 3 is 2.67 bits per heavy atom. The van der Waals surface area contributed by atoms with Gasteiger partial charge in [-0.3, -0.25) is 0 Å². The fourth-order valence-corrected chi connectivity index (χ4v) is 3.78. The van der Waals surface area contributed by atoms with Crippen LogP contribution < -0.4 is 10.1 Å². The van der Waals surface area contributed by atoms with Crippen molar-refractivity contribution in [3.05, 3.63) is 76.3 Å². The van der Waals surface area contributed by atoms with E-state index in [1.165, 1.54) is 21.9 Å². The lowest BCUT2D eigenvalue weighted by molar-refractivity contribution is 0.0987. The van der Waals surface area contributed by atoms with Crippen molar-refractivity contribution >= 4 is 22.4 Å². The summed E-state index contributed by atoms with van der Waals surface area (Å²) >= 11 is 6.01. The van der Waals surface area contributed by atoms with Gasteiger partial charge in [-0.15, -0.1) is 0 Å². The minimum atomic E-state index is -0.715. The number of hydrogen-bond acceptors (Lipinski definition) is 4.